The molecule has 0 radical (unpaired) electrons. The van der Waals surface area contributed by atoms with Gasteiger partial charge >= 0.3 is 6.16 Å². The molecule has 0 fully saturated rings. The Hall–Kier alpha value is -1.77. The molecule has 0 spiro atoms. The Morgan fingerprint density at radius 1 is 1.33 bits per heavy atom. The van der Waals surface area contributed by atoms with E-state index in [0.717, 1.165) is 5.56 Å². The predicted molar refractivity (Wildman–Crippen MR) is 58.4 cm³/mol. The lowest BCUT2D eigenvalue weighted by molar-refractivity contribution is 0.0581. The summed E-state index contributed by atoms with van der Waals surface area (Å²) in [6.45, 7) is 1.77. The number of ether oxygens (including phenoxy) is 2. The van der Waals surface area contributed by atoms with Crippen LogP contribution in [0.1, 0.15) is 12.5 Å². The Bertz CT molecular complexity index is 330. The van der Waals surface area contributed by atoms with Crippen LogP contribution in [-0.4, -0.2) is 19.4 Å². The molecule has 0 saturated carbocycles. The molecule has 0 saturated heterocycles. The number of rotatable bonds is 3. The minimum absolute atomic E-state index is 0.294. The fraction of sp³-hybridized carbons (Fsp3) is 0.250. The van der Waals surface area contributed by atoms with Gasteiger partial charge in [0.25, 0.3) is 0 Å². The smallest absolute Gasteiger partial charge is 0.438 e. The predicted octanol–water partition coefficient (Wildman–Crippen LogP) is 2.87. The lowest BCUT2D eigenvalue weighted by atomic mass is 10.2. The van der Waals surface area contributed by atoms with Crippen LogP contribution in [0.15, 0.2) is 36.4 Å². The summed E-state index contributed by atoms with van der Waals surface area (Å²) in [7, 11) is 1.29. The number of benzene rings is 1. The van der Waals surface area contributed by atoms with E-state index in [1.165, 1.54) is 7.11 Å². The second kappa shape index (κ2) is 5.86. The molecule has 0 amide bonds. The van der Waals surface area contributed by atoms with Gasteiger partial charge in [0.1, 0.15) is 6.10 Å². The van der Waals surface area contributed by atoms with Crippen molar-refractivity contribution >= 4 is 12.2 Å². The van der Waals surface area contributed by atoms with Gasteiger partial charge in [-0.25, -0.2) is 4.79 Å². The van der Waals surface area contributed by atoms with Crippen LogP contribution in [0.2, 0.25) is 0 Å². The maximum Gasteiger partial charge on any atom is 0.508 e. The Morgan fingerprint density at radius 3 is 2.60 bits per heavy atom. The van der Waals surface area contributed by atoms with Crippen molar-refractivity contribution in [1.29, 1.82) is 0 Å². The summed E-state index contributed by atoms with van der Waals surface area (Å²) < 4.78 is 9.25. The monoisotopic (exact) mass is 206 g/mol. The molecule has 15 heavy (non-hydrogen) atoms. The minimum atomic E-state index is -0.666. The first-order valence-electron chi connectivity index (χ1n) is 4.70. The van der Waals surface area contributed by atoms with Crippen molar-refractivity contribution in [2.75, 3.05) is 7.11 Å². The lowest BCUT2D eigenvalue weighted by Crippen LogP contribution is -2.12. The Balaban J connectivity index is 2.47. The Kier molecular flexibility index (Phi) is 4.41. The fourth-order valence-corrected chi connectivity index (χ4v) is 1.05. The van der Waals surface area contributed by atoms with E-state index in [1.54, 1.807) is 13.0 Å². The van der Waals surface area contributed by atoms with Crippen molar-refractivity contribution in [3.05, 3.63) is 42.0 Å². The highest BCUT2D eigenvalue weighted by Gasteiger charge is 2.04. The van der Waals surface area contributed by atoms with Crippen LogP contribution in [0.5, 0.6) is 0 Å². The molecule has 1 unspecified atom stereocenters. The summed E-state index contributed by atoms with van der Waals surface area (Å²) in [6.07, 6.45) is 2.73. The van der Waals surface area contributed by atoms with E-state index in [0.29, 0.717) is 0 Å². The van der Waals surface area contributed by atoms with E-state index < -0.39 is 6.16 Å². The third-order valence-corrected chi connectivity index (χ3v) is 1.81. The summed E-state index contributed by atoms with van der Waals surface area (Å²) in [5.41, 5.74) is 1.07. The highest BCUT2D eigenvalue weighted by Crippen LogP contribution is 2.04. The molecule has 0 heterocycles. The fourth-order valence-electron chi connectivity index (χ4n) is 1.05. The molecular formula is C12H14O3. The maximum atomic E-state index is 10.8. The van der Waals surface area contributed by atoms with Gasteiger partial charge in [0, 0.05) is 0 Å². The van der Waals surface area contributed by atoms with Crippen LogP contribution in [0.25, 0.3) is 6.08 Å². The van der Waals surface area contributed by atoms with Crippen molar-refractivity contribution in [2.45, 2.75) is 13.0 Å². The van der Waals surface area contributed by atoms with Gasteiger partial charge in [0.05, 0.1) is 7.11 Å². The molecule has 0 N–H and O–H groups in total. The minimum Gasteiger partial charge on any atom is -0.438 e. The molecular weight excluding hydrogens is 192 g/mol. The summed E-state index contributed by atoms with van der Waals surface area (Å²) in [5, 5.41) is 0. The molecule has 1 aromatic carbocycles. The second-order valence-electron chi connectivity index (χ2n) is 3.05. The van der Waals surface area contributed by atoms with Crippen LogP contribution >= 0.6 is 0 Å². The molecule has 0 aromatic heterocycles. The number of hydrogen-bond acceptors (Lipinski definition) is 3. The van der Waals surface area contributed by atoms with Gasteiger partial charge in [0.15, 0.2) is 0 Å². The third-order valence-electron chi connectivity index (χ3n) is 1.81. The van der Waals surface area contributed by atoms with Crippen molar-refractivity contribution < 1.29 is 14.3 Å². The SMILES string of the molecule is COC(=O)OC(C)C=Cc1ccccc1. The Morgan fingerprint density at radius 2 is 2.00 bits per heavy atom. The average Bonchev–Trinajstić information content (AvgIpc) is 2.27. The highest BCUT2D eigenvalue weighted by molar-refractivity contribution is 5.60. The van der Waals surface area contributed by atoms with E-state index in [2.05, 4.69) is 4.74 Å². The van der Waals surface area contributed by atoms with Crippen molar-refractivity contribution in [2.24, 2.45) is 0 Å². The van der Waals surface area contributed by atoms with Crippen LogP contribution in [-0.2, 0) is 9.47 Å². The highest BCUT2D eigenvalue weighted by atomic mass is 16.7. The van der Waals surface area contributed by atoms with Crippen molar-refractivity contribution in [3.8, 4) is 0 Å². The van der Waals surface area contributed by atoms with Crippen LogP contribution in [0, 0.1) is 0 Å². The molecule has 0 aliphatic heterocycles. The van der Waals surface area contributed by atoms with E-state index in [4.69, 9.17) is 4.74 Å². The van der Waals surface area contributed by atoms with Gasteiger partial charge < -0.3 is 9.47 Å². The van der Waals surface area contributed by atoms with E-state index >= 15 is 0 Å². The van der Waals surface area contributed by atoms with Crippen LogP contribution in [0.4, 0.5) is 4.79 Å². The number of carbonyl (C=O) groups is 1. The summed E-state index contributed by atoms with van der Waals surface area (Å²) >= 11 is 0. The molecule has 3 heteroatoms. The van der Waals surface area contributed by atoms with Gasteiger partial charge in [-0.3, -0.25) is 0 Å². The number of hydrogen-bond donors (Lipinski definition) is 0. The summed E-state index contributed by atoms with van der Waals surface area (Å²) in [6, 6.07) is 9.80. The van der Waals surface area contributed by atoms with Gasteiger partial charge in [-0.2, -0.15) is 0 Å². The lowest BCUT2D eigenvalue weighted by Gasteiger charge is -2.06. The zero-order chi connectivity index (χ0) is 11.1. The van der Waals surface area contributed by atoms with Crippen molar-refractivity contribution in [1.82, 2.24) is 0 Å². The first kappa shape index (κ1) is 11.3. The van der Waals surface area contributed by atoms with E-state index in [9.17, 15) is 4.79 Å². The number of methoxy groups -OCH3 is 1. The van der Waals surface area contributed by atoms with Gasteiger partial charge in [0.2, 0.25) is 0 Å². The van der Waals surface area contributed by atoms with Gasteiger partial charge in [-0.05, 0) is 18.6 Å². The normalized spacial score (nSPS) is 12.4. The van der Waals surface area contributed by atoms with Crippen LogP contribution in [0.3, 0.4) is 0 Å². The summed E-state index contributed by atoms with van der Waals surface area (Å²) in [5.74, 6) is 0. The van der Waals surface area contributed by atoms with E-state index in [-0.39, 0.29) is 6.10 Å². The largest absolute Gasteiger partial charge is 0.508 e. The molecule has 0 aliphatic carbocycles. The molecule has 0 aliphatic rings. The first-order chi connectivity index (χ1) is 7.22. The van der Waals surface area contributed by atoms with Crippen LogP contribution < -0.4 is 0 Å². The molecule has 1 atom stereocenters. The Labute approximate surface area is 89.3 Å². The van der Waals surface area contributed by atoms with Crippen molar-refractivity contribution in [3.63, 3.8) is 0 Å². The number of carbonyl (C=O) groups excluding carboxylic acids is 1. The first-order valence-corrected chi connectivity index (χ1v) is 4.70. The average molecular weight is 206 g/mol. The third kappa shape index (κ3) is 4.31. The molecule has 3 nitrogen and oxygen atoms in total. The van der Waals surface area contributed by atoms with E-state index in [1.807, 2.05) is 36.4 Å². The molecule has 1 aromatic rings. The second-order valence-corrected chi connectivity index (χ2v) is 3.05. The zero-order valence-electron chi connectivity index (χ0n) is 8.84. The summed E-state index contributed by atoms with van der Waals surface area (Å²) in [4.78, 5) is 10.8. The zero-order valence-corrected chi connectivity index (χ0v) is 8.84. The molecule has 1 rings (SSSR count). The quantitative estimate of drug-likeness (QED) is 0.713. The topological polar surface area (TPSA) is 35.5 Å². The molecule has 0 bridgehead atoms. The van der Waals surface area contributed by atoms with Gasteiger partial charge in [-0.15, -0.1) is 0 Å². The molecule has 80 valence electrons. The standard InChI is InChI=1S/C12H14O3/c1-10(15-12(13)14-2)8-9-11-6-4-3-5-7-11/h3-10H,1-2H3. The maximum absolute atomic E-state index is 10.8. The van der Waals surface area contributed by atoms with Gasteiger partial charge in [-0.1, -0.05) is 36.4 Å².